The number of nitrogens with one attached hydrogen (secondary N) is 2. The van der Waals surface area contributed by atoms with Gasteiger partial charge in [0.15, 0.2) is 0 Å². The minimum atomic E-state index is -0.516. The van der Waals surface area contributed by atoms with E-state index in [1.54, 1.807) is 6.20 Å². The number of carbonyl (C=O) groups is 1. The highest BCUT2D eigenvalue weighted by Crippen LogP contribution is 2.36. The van der Waals surface area contributed by atoms with E-state index in [0.29, 0.717) is 35.6 Å². The number of H-pyrrole nitrogens is 1. The maximum Gasteiger partial charge on any atom is 0.256 e. The summed E-state index contributed by atoms with van der Waals surface area (Å²) in [5.74, 6) is -0.590. The van der Waals surface area contributed by atoms with E-state index in [-0.39, 0.29) is 10.9 Å². The zero-order valence-corrected chi connectivity index (χ0v) is 15.8. The summed E-state index contributed by atoms with van der Waals surface area (Å²) >= 11 is 5.84. The van der Waals surface area contributed by atoms with Gasteiger partial charge >= 0.3 is 0 Å². The molecule has 28 heavy (non-hydrogen) atoms. The molecule has 0 unspecified atom stereocenters. The number of carbonyl (C=O) groups excluding carboxylic acids is 1. The summed E-state index contributed by atoms with van der Waals surface area (Å²) < 4.78 is 13.9. The third-order valence-electron chi connectivity index (χ3n) is 5.64. The van der Waals surface area contributed by atoms with Crippen molar-refractivity contribution in [1.82, 2.24) is 9.88 Å². The number of fused-ring (bicyclic) bond motifs is 2. The molecule has 2 aliphatic rings. The summed E-state index contributed by atoms with van der Waals surface area (Å²) in [5, 5.41) is 3.92. The third kappa shape index (κ3) is 2.79. The van der Waals surface area contributed by atoms with Crippen molar-refractivity contribution in [2.75, 3.05) is 23.3 Å². The lowest BCUT2D eigenvalue weighted by atomic mass is 10.0. The summed E-state index contributed by atoms with van der Waals surface area (Å²) in [6, 6.07) is 11.4. The Kier molecular flexibility index (Phi) is 4.16. The zero-order valence-electron chi connectivity index (χ0n) is 15.1. The van der Waals surface area contributed by atoms with E-state index in [1.807, 2.05) is 23.7 Å². The standard InChI is InChI=1S/C21H19ClFN4O/c22-16-10-19-14(9-17(16)23)15(11-24-19)21(28)26-7-5-13(6-8-26)27-12-25-18-3-1-2-4-20(18)27/h1-4,9-13,24-25H,5-8H2. The number of halogens is 2. The van der Waals surface area contributed by atoms with Gasteiger partial charge in [0, 0.05) is 36.2 Å². The van der Waals surface area contributed by atoms with Gasteiger partial charge in [0.25, 0.3) is 5.91 Å². The molecular weight excluding hydrogens is 379 g/mol. The number of rotatable bonds is 2. The van der Waals surface area contributed by atoms with E-state index in [2.05, 4.69) is 27.3 Å². The molecule has 5 nitrogen and oxygen atoms in total. The van der Waals surface area contributed by atoms with E-state index in [0.717, 1.165) is 18.5 Å². The summed E-state index contributed by atoms with van der Waals surface area (Å²) in [5.41, 5.74) is 3.44. The van der Waals surface area contributed by atoms with Crippen LogP contribution in [-0.4, -0.2) is 34.9 Å². The smallest absolute Gasteiger partial charge is 0.256 e. The SMILES string of the molecule is O=C(c1c[nH]c2cc(Cl)c(F)cc12)N1CCC(N2[CH]Nc3ccccc32)CC1. The average Bonchev–Trinajstić information content (AvgIpc) is 3.32. The number of hydrogen-bond donors (Lipinski definition) is 2. The normalized spacial score (nSPS) is 17.1. The van der Waals surface area contributed by atoms with Crippen LogP contribution in [0.15, 0.2) is 42.6 Å². The van der Waals surface area contributed by atoms with E-state index in [4.69, 9.17) is 11.6 Å². The number of benzene rings is 2. The minimum absolute atomic E-state index is 0.0462. The van der Waals surface area contributed by atoms with Crippen LogP contribution in [0, 0.1) is 12.5 Å². The molecule has 1 radical (unpaired) electrons. The van der Waals surface area contributed by atoms with Crippen molar-refractivity contribution >= 4 is 39.8 Å². The van der Waals surface area contributed by atoms with Gasteiger partial charge < -0.3 is 20.1 Å². The van der Waals surface area contributed by atoms with Crippen molar-refractivity contribution in [1.29, 1.82) is 0 Å². The van der Waals surface area contributed by atoms with E-state index < -0.39 is 5.82 Å². The van der Waals surface area contributed by atoms with Crippen molar-refractivity contribution in [3.63, 3.8) is 0 Å². The van der Waals surface area contributed by atoms with Crippen molar-refractivity contribution in [3.05, 3.63) is 65.7 Å². The number of likely N-dealkylation sites (tertiary alicyclic amines) is 1. The topological polar surface area (TPSA) is 51.4 Å². The molecule has 2 aromatic carbocycles. The molecule has 0 saturated carbocycles. The molecule has 0 aliphatic carbocycles. The molecule has 0 spiro atoms. The number of aromatic amines is 1. The van der Waals surface area contributed by atoms with Crippen LogP contribution in [0.5, 0.6) is 0 Å². The van der Waals surface area contributed by atoms with Crippen molar-refractivity contribution in [2.24, 2.45) is 0 Å². The Bertz CT molecular complexity index is 1060. The second kappa shape index (κ2) is 6.71. The molecule has 1 saturated heterocycles. The van der Waals surface area contributed by atoms with E-state index in [9.17, 15) is 9.18 Å². The molecule has 2 aliphatic heterocycles. The first kappa shape index (κ1) is 17.4. The van der Waals surface area contributed by atoms with Gasteiger partial charge in [-0.05, 0) is 37.1 Å². The van der Waals surface area contributed by atoms with Crippen LogP contribution in [0.1, 0.15) is 23.2 Å². The molecular formula is C21H19ClFN4O. The molecule has 7 heteroatoms. The molecule has 1 amide bonds. The summed E-state index contributed by atoms with van der Waals surface area (Å²) in [6.07, 6.45) is 3.39. The van der Waals surface area contributed by atoms with E-state index >= 15 is 0 Å². The predicted molar refractivity (Wildman–Crippen MR) is 109 cm³/mol. The Hall–Kier alpha value is -2.73. The van der Waals surface area contributed by atoms with Crippen LogP contribution >= 0.6 is 11.6 Å². The second-order valence-electron chi connectivity index (χ2n) is 7.24. The Morgan fingerprint density at radius 1 is 1.18 bits per heavy atom. The van der Waals surface area contributed by atoms with Gasteiger partial charge in [0.2, 0.25) is 0 Å². The first-order valence-electron chi connectivity index (χ1n) is 9.34. The zero-order chi connectivity index (χ0) is 19.3. The number of anilines is 2. The van der Waals surface area contributed by atoms with Gasteiger partial charge in [0.05, 0.1) is 22.0 Å². The average molecular weight is 398 g/mol. The van der Waals surface area contributed by atoms with Gasteiger partial charge in [-0.2, -0.15) is 0 Å². The molecule has 3 heterocycles. The lowest BCUT2D eigenvalue weighted by molar-refractivity contribution is 0.0716. The number of amides is 1. The fraction of sp³-hybridized carbons (Fsp3) is 0.238. The van der Waals surface area contributed by atoms with Gasteiger partial charge in [-0.3, -0.25) is 4.79 Å². The highest BCUT2D eigenvalue weighted by Gasteiger charge is 2.31. The number of hydrogen-bond acceptors (Lipinski definition) is 3. The fourth-order valence-corrected chi connectivity index (χ4v) is 4.31. The molecule has 1 aromatic heterocycles. The summed E-state index contributed by atoms with van der Waals surface area (Å²) in [4.78, 5) is 20.1. The maximum atomic E-state index is 13.9. The van der Waals surface area contributed by atoms with Gasteiger partial charge in [-0.25, -0.2) is 4.39 Å². The number of para-hydroxylation sites is 2. The Morgan fingerprint density at radius 3 is 2.79 bits per heavy atom. The lowest BCUT2D eigenvalue weighted by Crippen LogP contribution is -2.45. The highest BCUT2D eigenvalue weighted by atomic mass is 35.5. The predicted octanol–water partition coefficient (Wildman–Crippen LogP) is 4.62. The van der Waals surface area contributed by atoms with E-state index in [1.165, 1.54) is 17.8 Å². The second-order valence-corrected chi connectivity index (χ2v) is 7.64. The van der Waals surface area contributed by atoms with Crippen molar-refractivity contribution in [3.8, 4) is 0 Å². The molecule has 3 aromatic rings. The largest absolute Gasteiger partial charge is 0.360 e. The molecule has 2 N–H and O–H groups in total. The fourth-order valence-electron chi connectivity index (χ4n) is 4.14. The van der Waals surface area contributed by atoms with Crippen LogP contribution in [0.4, 0.5) is 15.8 Å². The molecule has 5 rings (SSSR count). The van der Waals surface area contributed by atoms with Crippen LogP contribution in [0.2, 0.25) is 5.02 Å². The Morgan fingerprint density at radius 2 is 1.96 bits per heavy atom. The lowest BCUT2D eigenvalue weighted by Gasteiger charge is -2.37. The van der Waals surface area contributed by atoms with Gasteiger partial charge in [-0.15, -0.1) is 0 Å². The Balaban J connectivity index is 1.31. The highest BCUT2D eigenvalue weighted by molar-refractivity contribution is 6.31. The summed E-state index contributed by atoms with van der Waals surface area (Å²) in [7, 11) is 0. The number of aromatic nitrogens is 1. The molecule has 0 atom stereocenters. The quantitative estimate of drug-likeness (QED) is 0.663. The minimum Gasteiger partial charge on any atom is -0.360 e. The monoisotopic (exact) mass is 397 g/mol. The molecule has 143 valence electrons. The van der Waals surface area contributed by atoms with Crippen LogP contribution in [0.25, 0.3) is 10.9 Å². The van der Waals surface area contributed by atoms with Crippen LogP contribution in [0.3, 0.4) is 0 Å². The summed E-state index contributed by atoms with van der Waals surface area (Å²) in [6.45, 7) is 3.34. The molecule has 0 bridgehead atoms. The first-order chi connectivity index (χ1) is 13.6. The first-order valence-corrected chi connectivity index (χ1v) is 9.72. The van der Waals surface area contributed by atoms with Gasteiger partial charge in [0.1, 0.15) is 12.5 Å². The Labute approximate surface area is 167 Å². The van der Waals surface area contributed by atoms with Crippen molar-refractivity contribution in [2.45, 2.75) is 18.9 Å². The number of piperidine rings is 1. The van der Waals surface area contributed by atoms with Crippen LogP contribution < -0.4 is 10.2 Å². The molecule has 1 fully saturated rings. The maximum absolute atomic E-state index is 13.9. The third-order valence-corrected chi connectivity index (χ3v) is 5.93. The number of nitrogens with zero attached hydrogens (tertiary/aromatic N) is 2. The van der Waals surface area contributed by atoms with Crippen molar-refractivity contribution < 1.29 is 9.18 Å². The van der Waals surface area contributed by atoms with Crippen LogP contribution in [-0.2, 0) is 0 Å². The van der Waals surface area contributed by atoms with Gasteiger partial charge in [-0.1, -0.05) is 23.7 Å².